The van der Waals surface area contributed by atoms with Crippen LogP contribution in [0.2, 0.25) is 0 Å². The molecule has 1 aromatic rings. The Morgan fingerprint density at radius 2 is 2.00 bits per heavy atom. The fourth-order valence-corrected chi connectivity index (χ4v) is 4.53. The number of thioether (sulfide) groups is 1. The van der Waals surface area contributed by atoms with E-state index in [-0.39, 0.29) is 5.60 Å². The van der Waals surface area contributed by atoms with Crippen LogP contribution in [0.15, 0.2) is 45.3 Å². The molecular formula is C16H17BrOS. The summed E-state index contributed by atoms with van der Waals surface area (Å²) in [6.45, 7) is 6.60. The molecule has 1 aromatic carbocycles. The molecule has 2 heterocycles. The van der Waals surface area contributed by atoms with Crippen molar-refractivity contribution in [1.82, 2.24) is 0 Å². The Labute approximate surface area is 127 Å². The van der Waals surface area contributed by atoms with Gasteiger partial charge in [0.25, 0.3) is 0 Å². The minimum Gasteiger partial charge on any atom is -0.481 e. The molecule has 3 heteroatoms. The lowest BCUT2D eigenvalue weighted by atomic mass is 9.91. The second kappa shape index (κ2) is 4.71. The third kappa shape index (κ3) is 1.98. The lowest BCUT2D eigenvalue weighted by Crippen LogP contribution is -2.33. The second-order valence-corrected chi connectivity index (χ2v) is 7.14. The number of hydrogen-bond acceptors (Lipinski definition) is 2. The van der Waals surface area contributed by atoms with E-state index in [9.17, 15) is 0 Å². The zero-order valence-electron chi connectivity index (χ0n) is 11.4. The minimum atomic E-state index is -0.154. The van der Waals surface area contributed by atoms with Gasteiger partial charge in [-0.3, -0.25) is 0 Å². The maximum atomic E-state index is 6.39. The highest BCUT2D eigenvalue weighted by molar-refractivity contribution is 9.10. The topological polar surface area (TPSA) is 9.23 Å². The van der Waals surface area contributed by atoms with Gasteiger partial charge in [0.2, 0.25) is 0 Å². The van der Waals surface area contributed by atoms with E-state index in [1.54, 1.807) is 0 Å². The normalized spacial score (nSPS) is 29.3. The van der Waals surface area contributed by atoms with Crippen LogP contribution in [0.1, 0.15) is 32.8 Å². The summed E-state index contributed by atoms with van der Waals surface area (Å²) in [6, 6.07) is 8.41. The third-order valence-electron chi connectivity index (χ3n) is 4.07. The maximum absolute atomic E-state index is 6.39. The quantitative estimate of drug-likeness (QED) is 0.717. The zero-order valence-corrected chi connectivity index (χ0v) is 13.8. The van der Waals surface area contributed by atoms with E-state index in [1.807, 2.05) is 11.8 Å². The summed E-state index contributed by atoms with van der Waals surface area (Å²) in [5.41, 5.74) is 3.80. The minimum absolute atomic E-state index is 0.154. The van der Waals surface area contributed by atoms with Gasteiger partial charge in [0.05, 0.1) is 5.25 Å². The Balaban J connectivity index is 2.04. The van der Waals surface area contributed by atoms with Gasteiger partial charge in [-0.15, -0.1) is 11.8 Å². The fraction of sp³-hybridized carbons (Fsp3) is 0.375. The standard InChI is InChI=1S/C16H17BrOS/c1-4-13-14(11-5-7-12(17)8-6-11)18-16(3)10(2)9-19-15(13)16/h5-9,15H,4H2,1-3H3. The fourth-order valence-electron chi connectivity index (χ4n) is 2.76. The first-order valence-electron chi connectivity index (χ1n) is 6.57. The number of ether oxygens (including phenoxy) is 1. The summed E-state index contributed by atoms with van der Waals surface area (Å²) >= 11 is 5.38. The van der Waals surface area contributed by atoms with E-state index in [1.165, 1.54) is 16.7 Å². The molecule has 0 amide bonds. The van der Waals surface area contributed by atoms with Crippen molar-refractivity contribution in [2.45, 2.75) is 38.0 Å². The molecule has 0 aliphatic carbocycles. The predicted molar refractivity (Wildman–Crippen MR) is 86.0 cm³/mol. The molecule has 0 saturated carbocycles. The Hall–Kier alpha value is -0.670. The van der Waals surface area contributed by atoms with Gasteiger partial charge in [0, 0.05) is 10.0 Å². The lowest BCUT2D eigenvalue weighted by Gasteiger charge is -2.27. The van der Waals surface area contributed by atoms with Crippen molar-refractivity contribution >= 4 is 33.5 Å². The second-order valence-electron chi connectivity index (χ2n) is 5.24. The van der Waals surface area contributed by atoms with Gasteiger partial charge in [-0.1, -0.05) is 35.0 Å². The van der Waals surface area contributed by atoms with Crippen LogP contribution in [0, 0.1) is 0 Å². The smallest absolute Gasteiger partial charge is 0.144 e. The van der Waals surface area contributed by atoms with E-state index >= 15 is 0 Å². The summed E-state index contributed by atoms with van der Waals surface area (Å²) in [7, 11) is 0. The maximum Gasteiger partial charge on any atom is 0.144 e. The molecule has 0 N–H and O–H groups in total. The highest BCUT2D eigenvalue weighted by Crippen LogP contribution is 2.54. The highest BCUT2D eigenvalue weighted by Gasteiger charge is 2.50. The molecule has 0 spiro atoms. The third-order valence-corrected chi connectivity index (χ3v) is 6.10. The van der Waals surface area contributed by atoms with E-state index in [2.05, 4.69) is 66.4 Å². The van der Waals surface area contributed by atoms with Gasteiger partial charge < -0.3 is 4.74 Å². The predicted octanol–water partition coefficient (Wildman–Crippen LogP) is 5.38. The average Bonchev–Trinajstić information content (AvgIpc) is 2.84. The van der Waals surface area contributed by atoms with Crippen LogP contribution in [0.4, 0.5) is 0 Å². The van der Waals surface area contributed by atoms with E-state index in [4.69, 9.17) is 4.74 Å². The van der Waals surface area contributed by atoms with E-state index < -0.39 is 0 Å². The molecule has 0 radical (unpaired) electrons. The van der Waals surface area contributed by atoms with Crippen LogP contribution in [0.3, 0.4) is 0 Å². The monoisotopic (exact) mass is 336 g/mol. The first kappa shape index (κ1) is 13.3. The van der Waals surface area contributed by atoms with Gasteiger partial charge >= 0.3 is 0 Å². The molecule has 0 fully saturated rings. The molecule has 0 saturated heterocycles. The first-order chi connectivity index (χ1) is 9.06. The van der Waals surface area contributed by atoms with Gasteiger partial charge in [0.1, 0.15) is 11.4 Å². The van der Waals surface area contributed by atoms with Crippen LogP contribution < -0.4 is 0 Å². The lowest BCUT2D eigenvalue weighted by molar-refractivity contribution is 0.125. The average molecular weight is 337 g/mol. The molecule has 2 aliphatic heterocycles. The van der Waals surface area contributed by atoms with E-state index in [0.29, 0.717) is 5.25 Å². The molecule has 2 unspecified atom stereocenters. The number of hydrogen-bond donors (Lipinski definition) is 0. The Morgan fingerprint density at radius 1 is 1.32 bits per heavy atom. The van der Waals surface area contributed by atoms with Crippen LogP contribution in [0.5, 0.6) is 0 Å². The summed E-state index contributed by atoms with van der Waals surface area (Å²) in [4.78, 5) is 0. The van der Waals surface area contributed by atoms with Crippen molar-refractivity contribution in [2.75, 3.05) is 0 Å². The summed E-state index contributed by atoms with van der Waals surface area (Å²) in [5.74, 6) is 1.09. The van der Waals surface area contributed by atoms with Crippen molar-refractivity contribution in [1.29, 1.82) is 0 Å². The molecule has 2 aliphatic rings. The Morgan fingerprint density at radius 3 is 2.63 bits per heavy atom. The van der Waals surface area contributed by atoms with Crippen LogP contribution >= 0.6 is 27.7 Å². The van der Waals surface area contributed by atoms with Crippen molar-refractivity contribution in [3.63, 3.8) is 0 Å². The number of halogens is 1. The number of benzene rings is 1. The number of fused-ring (bicyclic) bond motifs is 1. The Kier molecular flexibility index (Phi) is 3.30. The van der Waals surface area contributed by atoms with Crippen molar-refractivity contribution in [2.24, 2.45) is 0 Å². The van der Waals surface area contributed by atoms with Crippen molar-refractivity contribution in [3.8, 4) is 0 Å². The summed E-state index contributed by atoms with van der Waals surface area (Å²) in [5, 5.41) is 2.69. The molecule has 1 nitrogen and oxygen atoms in total. The van der Waals surface area contributed by atoms with Crippen LogP contribution in [-0.2, 0) is 4.74 Å². The van der Waals surface area contributed by atoms with Crippen LogP contribution in [0.25, 0.3) is 5.76 Å². The van der Waals surface area contributed by atoms with Gasteiger partial charge in [-0.05, 0) is 49.0 Å². The Bertz CT molecular complexity index is 573. The highest BCUT2D eigenvalue weighted by atomic mass is 79.9. The zero-order chi connectivity index (χ0) is 13.6. The van der Waals surface area contributed by atoms with Crippen LogP contribution in [-0.4, -0.2) is 10.9 Å². The van der Waals surface area contributed by atoms with Crippen molar-refractivity contribution in [3.05, 3.63) is 50.9 Å². The molecule has 3 rings (SSSR count). The molecular weight excluding hydrogens is 320 g/mol. The number of rotatable bonds is 2. The molecule has 100 valence electrons. The summed E-state index contributed by atoms with van der Waals surface area (Å²) in [6.07, 6.45) is 1.04. The van der Waals surface area contributed by atoms with Gasteiger partial charge in [0.15, 0.2) is 0 Å². The summed E-state index contributed by atoms with van der Waals surface area (Å²) < 4.78 is 7.49. The van der Waals surface area contributed by atoms with Gasteiger partial charge in [-0.2, -0.15) is 0 Å². The SMILES string of the molecule is CCC1=C(c2ccc(Br)cc2)OC2(C)C(C)=CSC12. The molecule has 0 aromatic heterocycles. The first-order valence-corrected chi connectivity index (χ1v) is 8.30. The molecule has 0 bridgehead atoms. The van der Waals surface area contributed by atoms with Crippen molar-refractivity contribution < 1.29 is 4.74 Å². The molecule has 19 heavy (non-hydrogen) atoms. The van der Waals surface area contributed by atoms with E-state index in [0.717, 1.165) is 16.7 Å². The molecule has 2 atom stereocenters. The largest absolute Gasteiger partial charge is 0.481 e. The van der Waals surface area contributed by atoms with Gasteiger partial charge in [-0.25, -0.2) is 0 Å².